The van der Waals surface area contributed by atoms with Crippen molar-refractivity contribution >= 4 is 21.9 Å². The van der Waals surface area contributed by atoms with E-state index >= 15 is 0 Å². The molecule has 0 aromatic rings. The molecule has 7 nitrogen and oxygen atoms in total. The molecule has 0 unspecified atom stereocenters. The van der Waals surface area contributed by atoms with Crippen molar-refractivity contribution in [3.8, 4) is 0 Å². The minimum absolute atomic E-state index is 0.0976. The molecular weight excluding hydrogens is 320 g/mol. The van der Waals surface area contributed by atoms with Crippen LogP contribution in [0.2, 0.25) is 0 Å². The van der Waals surface area contributed by atoms with Crippen molar-refractivity contribution in [1.82, 2.24) is 9.21 Å². The molecule has 0 radical (unpaired) electrons. The van der Waals surface area contributed by atoms with E-state index in [2.05, 4.69) is 0 Å². The Hall–Kier alpha value is -1.15. The molecule has 0 aromatic carbocycles. The molecule has 23 heavy (non-hydrogen) atoms. The van der Waals surface area contributed by atoms with E-state index in [-0.39, 0.29) is 23.7 Å². The number of piperidine rings is 2. The Morgan fingerprint density at radius 2 is 1.52 bits per heavy atom. The first-order valence-corrected chi connectivity index (χ1v) is 10.1. The fourth-order valence-corrected chi connectivity index (χ4v) is 4.16. The molecule has 132 valence electrons. The van der Waals surface area contributed by atoms with Crippen molar-refractivity contribution in [3.05, 3.63) is 0 Å². The fraction of sp³-hybridized carbons (Fsp3) is 0.867. The topological polar surface area (TPSA) is 84.0 Å². The average molecular weight is 346 g/mol. The molecule has 0 spiro atoms. The van der Waals surface area contributed by atoms with Gasteiger partial charge in [0.2, 0.25) is 15.9 Å². The van der Waals surface area contributed by atoms with Crippen molar-refractivity contribution in [2.75, 3.05) is 39.0 Å². The van der Waals surface area contributed by atoms with Crippen LogP contribution >= 0.6 is 0 Å². The zero-order valence-electron chi connectivity index (χ0n) is 13.9. The van der Waals surface area contributed by atoms with Crippen LogP contribution in [0, 0.1) is 11.8 Å². The van der Waals surface area contributed by atoms with Gasteiger partial charge in [-0.15, -0.1) is 0 Å². The highest BCUT2D eigenvalue weighted by Gasteiger charge is 2.34. The van der Waals surface area contributed by atoms with Crippen LogP contribution in [0.1, 0.15) is 32.6 Å². The maximum atomic E-state index is 12.6. The molecule has 0 N–H and O–H groups in total. The van der Waals surface area contributed by atoms with Gasteiger partial charge < -0.3 is 9.64 Å². The SMILES string of the molecule is CCOC(=O)C1CCN(C(=O)C2CCN(S(C)(=O)=O)CC2)CC1. The van der Waals surface area contributed by atoms with Crippen LogP contribution in [0.5, 0.6) is 0 Å². The minimum atomic E-state index is -3.17. The van der Waals surface area contributed by atoms with Crippen molar-refractivity contribution in [2.45, 2.75) is 32.6 Å². The predicted molar refractivity (Wildman–Crippen MR) is 85.1 cm³/mol. The van der Waals surface area contributed by atoms with Crippen molar-refractivity contribution in [3.63, 3.8) is 0 Å². The molecule has 0 aromatic heterocycles. The Labute approximate surface area is 138 Å². The summed E-state index contributed by atoms with van der Waals surface area (Å²) in [7, 11) is -3.17. The third kappa shape index (κ3) is 4.67. The summed E-state index contributed by atoms with van der Waals surface area (Å²) in [6.45, 7) is 4.16. The molecule has 0 aliphatic carbocycles. The van der Waals surface area contributed by atoms with E-state index in [1.54, 1.807) is 6.92 Å². The van der Waals surface area contributed by atoms with Gasteiger partial charge in [-0.25, -0.2) is 12.7 Å². The first-order valence-electron chi connectivity index (χ1n) is 8.23. The molecule has 2 aliphatic heterocycles. The lowest BCUT2D eigenvalue weighted by molar-refractivity contribution is -0.152. The molecule has 8 heteroatoms. The fourth-order valence-electron chi connectivity index (χ4n) is 3.29. The van der Waals surface area contributed by atoms with Gasteiger partial charge in [-0.1, -0.05) is 0 Å². The first kappa shape index (κ1) is 18.2. The van der Waals surface area contributed by atoms with E-state index in [1.165, 1.54) is 10.6 Å². The van der Waals surface area contributed by atoms with E-state index < -0.39 is 10.0 Å². The number of amides is 1. The molecule has 2 rings (SSSR count). The maximum absolute atomic E-state index is 12.6. The zero-order chi connectivity index (χ0) is 17.0. The van der Waals surface area contributed by atoms with Gasteiger partial charge >= 0.3 is 5.97 Å². The van der Waals surface area contributed by atoms with Crippen LogP contribution in [0.15, 0.2) is 0 Å². The molecule has 0 atom stereocenters. The van der Waals surface area contributed by atoms with Crippen LogP contribution in [0.4, 0.5) is 0 Å². The van der Waals surface area contributed by atoms with Crippen LogP contribution in [-0.4, -0.2) is 68.5 Å². The molecule has 1 amide bonds. The summed E-state index contributed by atoms with van der Waals surface area (Å²) in [6, 6.07) is 0. The number of likely N-dealkylation sites (tertiary alicyclic amines) is 1. The number of hydrogen-bond donors (Lipinski definition) is 0. The third-order valence-electron chi connectivity index (χ3n) is 4.70. The second kappa shape index (κ2) is 7.61. The number of ether oxygens (including phenoxy) is 1. The van der Waals surface area contributed by atoms with E-state index in [1.807, 2.05) is 4.90 Å². The Bertz CT molecular complexity index is 532. The lowest BCUT2D eigenvalue weighted by Crippen LogP contribution is -2.47. The van der Waals surface area contributed by atoms with Gasteiger partial charge in [0.25, 0.3) is 0 Å². The Morgan fingerprint density at radius 3 is 2.00 bits per heavy atom. The maximum Gasteiger partial charge on any atom is 0.309 e. The molecule has 2 saturated heterocycles. The Balaban J connectivity index is 1.81. The van der Waals surface area contributed by atoms with Gasteiger partial charge in [-0.2, -0.15) is 0 Å². The molecule has 0 saturated carbocycles. The lowest BCUT2D eigenvalue weighted by atomic mass is 9.92. The Kier molecular flexibility index (Phi) is 6.02. The zero-order valence-corrected chi connectivity index (χ0v) is 14.7. The first-order chi connectivity index (χ1) is 10.8. The quantitative estimate of drug-likeness (QED) is 0.691. The highest BCUT2D eigenvalue weighted by atomic mass is 32.2. The number of esters is 1. The number of carbonyl (C=O) groups excluding carboxylic acids is 2. The molecular formula is C15H26N2O5S. The summed E-state index contributed by atoms with van der Waals surface area (Å²) in [5, 5.41) is 0. The van der Waals surface area contributed by atoms with Crippen molar-refractivity contribution < 1.29 is 22.7 Å². The van der Waals surface area contributed by atoms with Gasteiger partial charge in [0.1, 0.15) is 0 Å². The molecule has 2 aliphatic rings. The number of carbonyl (C=O) groups is 2. The van der Waals surface area contributed by atoms with Crippen LogP contribution in [0.25, 0.3) is 0 Å². The van der Waals surface area contributed by atoms with Gasteiger partial charge in [-0.3, -0.25) is 9.59 Å². The normalized spacial score (nSPS) is 22.1. The monoisotopic (exact) mass is 346 g/mol. The largest absolute Gasteiger partial charge is 0.466 e. The summed E-state index contributed by atoms with van der Waals surface area (Å²) in [6.07, 6.45) is 3.64. The van der Waals surface area contributed by atoms with E-state index in [9.17, 15) is 18.0 Å². The van der Waals surface area contributed by atoms with Gasteiger partial charge in [-0.05, 0) is 32.6 Å². The predicted octanol–water partition coefficient (Wildman–Crippen LogP) is 0.460. The second-order valence-corrected chi connectivity index (χ2v) is 8.27. The van der Waals surface area contributed by atoms with E-state index in [4.69, 9.17) is 4.74 Å². The number of nitrogens with zero attached hydrogens (tertiary/aromatic N) is 2. The third-order valence-corrected chi connectivity index (χ3v) is 6.00. The Morgan fingerprint density at radius 1 is 1.00 bits per heavy atom. The minimum Gasteiger partial charge on any atom is -0.466 e. The summed E-state index contributed by atoms with van der Waals surface area (Å²) < 4.78 is 29.5. The van der Waals surface area contributed by atoms with Crippen LogP contribution < -0.4 is 0 Å². The highest BCUT2D eigenvalue weighted by molar-refractivity contribution is 7.88. The summed E-state index contributed by atoms with van der Waals surface area (Å²) in [5.74, 6) is -0.278. The van der Waals surface area contributed by atoms with E-state index in [0.717, 1.165) is 0 Å². The second-order valence-electron chi connectivity index (χ2n) is 6.29. The average Bonchev–Trinajstić information content (AvgIpc) is 2.54. The van der Waals surface area contributed by atoms with E-state index in [0.29, 0.717) is 58.5 Å². The van der Waals surface area contributed by atoms with Crippen LogP contribution in [0.3, 0.4) is 0 Å². The molecule has 2 fully saturated rings. The van der Waals surface area contributed by atoms with Gasteiger partial charge in [0, 0.05) is 32.1 Å². The summed E-state index contributed by atoms with van der Waals surface area (Å²) >= 11 is 0. The number of sulfonamides is 1. The van der Waals surface area contributed by atoms with Gasteiger partial charge in [0.15, 0.2) is 0 Å². The smallest absolute Gasteiger partial charge is 0.309 e. The summed E-state index contributed by atoms with van der Waals surface area (Å²) in [4.78, 5) is 26.1. The van der Waals surface area contributed by atoms with Crippen molar-refractivity contribution in [1.29, 1.82) is 0 Å². The number of hydrogen-bond acceptors (Lipinski definition) is 5. The van der Waals surface area contributed by atoms with Gasteiger partial charge in [0.05, 0.1) is 18.8 Å². The summed E-state index contributed by atoms with van der Waals surface area (Å²) in [5.41, 5.74) is 0. The van der Waals surface area contributed by atoms with Crippen molar-refractivity contribution in [2.24, 2.45) is 11.8 Å². The highest BCUT2D eigenvalue weighted by Crippen LogP contribution is 2.25. The van der Waals surface area contributed by atoms with Crippen LogP contribution in [-0.2, 0) is 24.3 Å². The molecule has 2 heterocycles. The molecule has 0 bridgehead atoms. The number of rotatable bonds is 4. The lowest BCUT2D eigenvalue weighted by Gasteiger charge is -2.36. The standard InChI is InChI=1S/C15H26N2O5S/c1-3-22-15(19)13-4-8-16(9-5-13)14(18)12-6-10-17(11-7-12)23(2,20)21/h12-13H,3-11H2,1-2H3.